The average molecular weight is 468 g/mol. The van der Waals surface area contributed by atoms with Crippen LogP contribution in [0.1, 0.15) is 57.6 Å². The van der Waals surface area contributed by atoms with Crippen LogP contribution >= 0.6 is 23.1 Å². The summed E-state index contributed by atoms with van der Waals surface area (Å²) in [5.74, 6) is 1.25. The van der Waals surface area contributed by atoms with Crippen molar-refractivity contribution in [1.29, 1.82) is 0 Å². The molecule has 0 bridgehead atoms. The fraction of sp³-hybridized carbons (Fsp3) is 0.280. The lowest BCUT2D eigenvalue weighted by atomic mass is 9.79. The number of benzene rings is 2. The van der Waals surface area contributed by atoms with Crippen molar-refractivity contribution in [2.45, 2.75) is 35.6 Å². The molecule has 1 aromatic heterocycles. The molecule has 0 saturated heterocycles. The summed E-state index contributed by atoms with van der Waals surface area (Å²) in [7, 11) is 1.64. The van der Waals surface area contributed by atoms with E-state index in [1.54, 1.807) is 18.9 Å². The summed E-state index contributed by atoms with van der Waals surface area (Å²) in [5, 5.41) is 13.4. The van der Waals surface area contributed by atoms with Crippen molar-refractivity contribution in [2.75, 3.05) is 13.7 Å². The Morgan fingerprint density at radius 3 is 2.59 bits per heavy atom. The Bertz CT molecular complexity index is 1110. The Balaban J connectivity index is 1.79. The van der Waals surface area contributed by atoms with Gasteiger partial charge in [-0.1, -0.05) is 47.6 Å². The smallest absolute Gasteiger partial charge is 0.348 e. The maximum Gasteiger partial charge on any atom is 0.348 e. The van der Waals surface area contributed by atoms with Crippen molar-refractivity contribution in [3.8, 4) is 5.75 Å². The molecular formula is C25H25NO4S2. The van der Waals surface area contributed by atoms with Gasteiger partial charge in [0, 0.05) is 17.2 Å². The largest absolute Gasteiger partial charge is 0.497 e. The molecule has 5 nitrogen and oxygen atoms in total. The van der Waals surface area contributed by atoms with E-state index >= 15 is 0 Å². The number of oxime groups is 1. The van der Waals surface area contributed by atoms with Crippen LogP contribution in [0.4, 0.5) is 0 Å². The van der Waals surface area contributed by atoms with Crippen LogP contribution in [0.5, 0.6) is 5.75 Å². The first-order chi connectivity index (χ1) is 15.7. The van der Waals surface area contributed by atoms with E-state index in [0.717, 1.165) is 38.8 Å². The molecule has 0 radical (unpaired) electrons. The predicted molar refractivity (Wildman–Crippen MR) is 129 cm³/mol. The summed E-state index contributed by atoms with van der Waals surface area (Å²) < 4.78 is 11.7. The second-order valence-electron chi connectivity index (χ2n) is 7.41. The van der Waals surface area contributed by atoms with Gasteiger partial charge in [-0.3, -0.25) is 0 Å². The Morgan fingerprint density at radius 1 is 1.19 bits per heavy atom. The molecule has 0 amide bonds. The molecule has 32 heavy (non-hydrogen) atoms. The Labute approximate surface area is 196 Å². The van der Waals surface area contributed by atoms with Crippen LogP contribution in [0.15, 0.2) is 64.0 Å². The highest BCUT2D eigenvalue weighted by Gasteiger charge is 2.36. The Hall–Kier alpha value is -2.77. The van der Waals surface area contributed by atoms with Crippen molar-refractivity contribution in [1.82, 2.24) is 0 Å². The molecule has 2 aromatic carbocycles. The number of hydrogen-bond donors (Lipinski definition) is 1. The summed E-state index contributed by atoms with van der Waals surface area (Å²) in [6.45, 7) is 2.12. The summed E-state index contributed by atoms with van der Waals surface area (Å²) >= 11 is 3.11. The molecule has 1 heterocycles. The van der Waals surface area contributed by atoms with E-state index in [4.69, 9.17) is 9.47 Å². The second kappa shape index (κ2) is 10.2. The van der Waals surface area contributed by atoms with E-state index in [2.05, 4.69) is 17.3 Å². The number of rotatable bonds is 7. The predicted octanol–water partition coefficient (Wildman–Crippen LogP) is 6.33. The highest BCUT2D eigenvalue weighted by atomic mass is 32.2. The average Bonchev–Trinajstić information content (AvgIpc) is 3.23. The minimum Gasteiger partial charge on any atom is -0.497 e. The van der Waals surface area contributed by atoms with Gasteiger partial charge in [0.05, 0.1) is 23.6 Å². The molecule has 1 N–H and O–H groups in total. The fourth-order valence-electron chi connectivity index (χ4n) is 4.02. The third-order valence-electron chi connectivity index (χ3n) is 5.53. The maximum absolute atomic E-state index is 12.9. The number of thiophene rings is 1. The molecule has 1 aliphatic carbocycles. The molecule has 4 rings (SSSR count). The van der Waals surface area contributed by atoms with E-state index < -0.39 is 0 Å². The zero-order valence-electron chi connectivity index (χ0n) is 18.0. The number of thioether (sulfide) groups is 1. The normalized spacial score (nSPS) is 16.6. The zero-order chi connectivity index (χ0) is 22.5. The number of fused-ring (bicyclic) bond motifs is 1. The van der Waals surface area contributed by atoms with Crippen LogP contribution in [0.2, 0.25) is 0 Å². The Morgan fingerprint density at radius 2 is 1.94 bits per heavy atom. The summed E-state index contributed by atoms with van der Waals surface area (Å²) in [6.07, 6.45) is 1.39. The zero-order valence-corrected chi connectivity index (χ0v) is 19.7. The van der Waals surface area contributed by atoms with Gasteiger partial charge in [-0.05, 0) is 48.6 Å². The second-order valence-corrected chi connectivity index (χ2v) is 9.68. The lowest BCUT2D eigenvalue weighted by Crippen LogP contribution is -2.19. The molecule has 0 spiro atoms. The van der Waals surface area contributed by atoms with Crippen LogP contribution in [-0.4, -0.2) is 30.6 Å². The van der Waals surface area contributed by atoms with E-state index in [1.807, 2.05) is 49.4 Å². The van der Waals surface area contributed by atoms with E-state index in [0.29, 0.717) is 23.6 Å². The first kappa shape index (κ1) is 22.4. The maximum atomic E-state index is 12.9. The van der Waals surface area contributed by atoms with Gasteiger partial charge >= 0.3 is 5.97 Å². The lowest BCUT2D eigenvalue weighted by molar-refractivity contribution is 0.0530. The van der Waals surface area contributed by atoms with Crippen LogP contribution in [0, 0.1) is 0 Å². The third kappa shape index (κ3) is 4.54. The number of carbonyl (C=O) groups is 1. The first-order valence-corrected chi connectivity index (χ1v) is 12.3. The molecule has 0 saturated carbocycles. The van der Waals surface area contributed by atoms with Gasteiger partial charge in [0.2, 0.25) is 0 Å². The summed E-state index contributed by atoms with van der Waals surface area (Å²) in [5.41, 5.74) is 4.73. The standard InChI is InChI=1S/C25H25NO4S2/c1-3-30-24(27)23-21-19(17-9-11-18(29-2)12-10-17)13-14-20(26-28)22(21)25(32-23)31-15-16-7-5-4-6-8-16/h4-12,19,28H,3,13-15H2,1-2H3/t19-/m0/s1. The molecule has 0 aliphatic heterocycles. The van der Waals surface area contributed by atoms with Gasteiger partial charge in [-0.25, -0.2) is 4.79 Å². The molecule has 1 aliphatic rings. The lowest BCUT2D eigenvalue weighted by Gasteiger charge is -2.25. The summed E-state index contributed by atoms with van der Waals surface area (Å²) in [4.78, 5) is 13.5. The summed E-state index contributed by atoms with van der Waals surface area (Å²) in [6, 6.07) is 18.2. The topological polar surface area (TPSA) is 68.1 Å². The van der Waals surface area contributed by atoms with Crippen molar-refractivity contribution < 1.29 is 19.5 Å². The van der Waals surface area contributed by atoms with E-state index in [1.165, 1.54) is 16.9 Å². The van der Waals surface area contributed by atoms with Crippen LogP contribution in [-0.2, 0) is 10.5 Å². The molecule has 0 unspecified atom stereocenters. The Kier molecular flexibility index (Phi) is 7.17. The quantitative estimate of drug-likeness (QED) is 0.190. The van der Waals surface area contributed by atoms with Gasteiger partial charge in [-0.15, -0.1) is 23.1 Å². The van der Waals surface area contributed by atoms with Crippen molar-refractivity contribution >= 4 is 34.8 Å². The molecule has 3 aromatic rings. The first-order valence-electron chi connectivity index (χ1n) is 10.5. The molecule has 1 atom stereocenters. The molecule has 166 valence electrons. The number of carbonyl (C=O) groups excluding carboxylic acids is 1. The highest BCUT2D eigenvalue weighted by Crippen LogP contribution is 2.48. The van der Waals surface area contributed by atoms with Crippen molar-refractivity contribution in [2.24, 2.45) is 5.16 Å². The number of methoxy groups -OCH3 is 1. The molecule has 7 heteroatoms. The monoisotopic (exact) mass is 467 g/mol. The number of esters is 1. The van der Waals surface area contributed by atoms with Crippen molar-refractivity contribution in [3.63, 3.8) is 0 Å². The third-order valence-corrected chi connectivity index (χ3v) is 8.06. The fourth-order valence-corrected chi connectivity index (χ4v) is 6.56. The number of ether oxygens (including phenoxy) is 2. The van der Waals surface area contributed by atoms with Crippen molar-refractivity contribution in [3.05, 3.63) is 81.7 Å². The van der Waals surface area contributed by atoms with Gasteiger partial charge in [-0.2, -0.15) is 0 Å². The minimum absolute atomic E-state index is 0.0168. The van der Waals surface area contributed by atoms with Crippen LogP contribution in [0.3, 0.4) is 0 Å². The molecular weight excluding hydrogens is 442 g/mol. The molecule has 0 fully saturated rings. The van der Waals surface area contributed by atoms with Gasteiger partial charge < -0.3 is 14.7 Å². The number of nitrogens with zero attached hydrogens (tertiary/aromatic N) is 1. The van der Waals surface area contributed by atoms with E-state index in [-0.39, 0.29) is 11.9 Å². The van der Waals surface area contributed by atoms with Gasteiger partial charge in [0.15, 0.2) is 0 Å². The van der Waals surface area contributed by atoms with Crippen LogP contribution < -0.4 is 4.74 Å². The van der Waals surface area contributed by atoms with Crippen LogP contribution in [0.25, 0.3) is 0 Å². The highest BCUT2D eigenvalue weighted by molar-refractivity contribution is 8.00. The minimum atomic E-state index is -0.321. The van der Waals surface area contributed by atoms with E-state index in [9.17, 15) is 10.0 Å². The number of hydrogen-bond acceptors (Lipinski definition) is 7. The van der Waals surface area contributed by atoms with Gasteiger partial charge in [0.25, 0.3) is 0 Å². The van der Waals surface area contributed by atoms with Gasteiger partial charge in [0.1, 0.15) is 10.6 Å². The SMILES string of the molecule is CCOC(=O)c1sc(SCc2ccccc2)c2c1[C@H](c1ccc(OC)cc1)CCC2=NO.